The van der Waals surface area contributed by atoms with Crippen molar-refractivity contribution in [2.24, 2.45) is 10.2 Å². The van der Waals surface area contributed by atoms with Gasteiger partial charge in [-0.05, 0) is 85.1 Å². The predicted molar refractivity (Wildman–Crippen MR) is 179 cm³/mol. The van der Waals surface area contributed by atoms with Gasteiger partial charge in [0.1, 0.15) is 19.0 Å². The Labute approximate surface area is 264 Å². The number of hydrogen-bond acceptors (Lipinski definition) is 14. The summed E-state index contributed by atoms with van der Waals surface area (Å²) in [6, 6.07) is 18.8. The van der Waals surface area contributed by atoms with Crippen molar-refractivity contribution in [3.05, 3.63) is 83.2 Å². The molecule has 3 aromatic carbocycles. The molecule has 45 heavy (non-hydrogen) atoms. The number of aliphatic hydroxyl groups excluding tert-OH is 1. The van der Waals surface area contributed by atoms with E-state index in [1.807, 2.05) is 57.4 Å². The Kier molecular flexibility index (Phi) is 17.2. The largest absolute Gasteiger partial charge is 0.395 e. The maximum absolute atomic E-state index is 8.95. The van der Waals surface area contributed by atoms with E-state index in [9.17, 15) is 0 Å². The van der Waals surface area contributed by atoms with Gasteiger partial charge in [0.25, 0.3) is 0 Å². The molecule has 1 aromatic heterocycles. The van der Waals surface area contributed by atoms with Crippen LogP contribution in [0.25, 0.3) is 0 Å². The minimum atomic E-state index is -0.0328. The lowest BCUT2D eigenvalue weighted by Gasteiger charge is -2.09. The highest BCUT2D eigenvalue weighted by Gasteiger charge is 2.07. The molecule has 7 N–H and O–H groups in total. The third-order valence-corrected chi connectivity index (χ3v) is 5.83. The standard InChI is InChI=1S/C21H25N7O5.C8H12N2.2CH4/c1-13-7-17(25-21-24-14(2)23-20(26-21)22-5-6-29)3-4-19(13)28-27-18-9-15(11-32-30)8-16(10-18)12-33-31;1-9-7-3-5-8(10-2)6-4-7;;/h3-4,7-10,29-31H,5-6,11-12H2,1-2H3,(H2,22,23,24,25,26);3-6,9-10H,1-2H3;2*1H4. The second kappa shape index (κ2) is 20.3. The SMILES string of the molecule is C.C.CNc1ccc(NC)cc1.Cc1nc(NCCO)nc(Nc2ccc(N=Nc3cc(COO)cc(COO)c3)c(C)c2)n1. The van der Waals surface area contributed by atoms with E-state index in [-0.39, 0.29) is 34.7 Å². The minimum absolute atomic E-state index is 0. The molecule has 0 atom stereocenters. The van der Waals surface area contributed by atoms with Gasteiger partial charge in [-0.2, -0.15) is 25.2 Å². The third-order valence-electron chi connectivity index (χ3n) is 5.83. The molecule has 0 aliphatic carbocycles. The Bertz CT molecular complexity index is 1420. The van der Waals surface area contributed by atoms with Gasteiger partial charge < -0.3 is 26.4 Å². The van der Waals surface area contributed by atoms with Gasteiger partial charge in [0.05, 0.1) is 18.0 Å². The molecule has 0 radical (unpaired) electrons. The lowest BCUT2D eigenvalue weighted by atomic mass is 10.1. The second-order valence-corrected chi connectivity index (χ2v) is 9.14. The highest BCUT2D eigenvalue weighted by atomic mass is 17.1. The first-order chi connectivity index (χ1) is 20.9. The lowest BCUT2D eigenvalue weighted by molar-refractivity contribution is -0.254. The molecule has 0 amide bonds. The number of nitrogens with zero attached hydrogens (tertiary/aromatic N) is 5. The van der Waals surface area contributed by atoms with Crippen molar-refractivity contribution in [1.29, 1.82) is 0 Å². The average Bonchev–Trinajstić information content (AvgIpc) is 3.00. The number of nitrogens with one attached hydrogen (secondary N) is 4. The highest BCUT2D eigenvalue weighted by Crippen LogP contribution is 2.27. The van der Waals surface area contributed by atoms with Crippen LogP contribution in [0.15, 0.2) is 70.9 Å². The summed E-state index contributed by atoms with van der Waals surface area (Å²) in [4.78, 5) is 21.1. The number of anilines is 5. The zero-order chi connectivity index (χ0) is 31.0. The molecule has 14 nitrogen and oxygen atoms in total. The molecule has 0 spiro atoms. The van der Waals surface area contributed by atoms with Crippen molar-refractivity contribution < 1.29 is 25.4 Å². The molecule has 0 bridgehead atoms. The van der Waals surface area contributed by atoms with Gasteiger partial charge in [0.2, 0.25) is 11.9 Å². The van der Waals surface area contributed by atoms with E-state index in [2.05, 4.69) is 56.2 Å². The van der Waals surface area contributed by atoms with Crippen molar-refractivity contribution in [3.8, 4) is 0 Å². The van der Waals surface area contributed by atoms with Crippen molar-refractivity contribution >= 4 is 40.3 Å². The van der Waals surface area contributed by atoms with Crippen molar-refractivity contribution in [2.75, 3.05) is 48.5 Å². The number of benzene rings is 3. The summed E-state index contributed by atoms with van der Waals surface area (Å²) in [7, 11) is 3.82. The van der Waals surface area contributed by atoms with E-state index in [1.54, 1.807) is 31.2 Å². The Hall–Kier alpha value is -4.73. The topological polar surface area (TPSA) is 191 Å². The summed E-state index contributed by atoms with van der Waals surface area (Å²) in [5, 5.41) is 47.1. The average molecular weight is 624 g/mol. The van der Waals surface area contributed by atoms with Crippen LogP contribution >= 0.6 is 0 Å². The Morgan fingerprint density at radius 1 is 0.711 bits per heavy atom. The fourth-order valence-corrected chi connectivity index (χ4v) is 3.79. The number of rotatable bonds is 13. The number of aryl methyl sites for hydroxylation is 2. The van der Waals surface area contributed by atoms with E-state index in [0.717, 1.165) is 22.6 Å². The van der Waals surface area contributed by atoms with Crippen LogP contribution in [0, 0.1) is 13.8 Å². The quantitative estimate of drug-likeness (QED) is 0.0456. The van der Waals surface area contributed by atoms with E-state index >= 15 is 0 Å². The molecule has 0 fully saturated rings. The number of azo groups is 1. The molecule has 4 aromatic rings. The van der Waals surface area contributed by atoms with Crippen LogP contribution in [0.4, 0.5) is 40.3 Å². The zero-order valence-corrected chi connectivity index (χ0v) is 24.5. The molecule has 244 valence electrons. The van der Waals surface area contributed by atoms with Crippen LogP contribution in [0.3, 0.4) is 0 Å². The number of aliphatic hydroxyl groups is 1. The van der Waals surface area contributed by atoms with E-state index in [4.69, 9.17) is 15.6 Å². The number of aromatic nitrogens is 3. The Morgan fingerprint density at radius 2 is 1.27 bits per heavy atom. The van der Waals surface area contributed by atoms with Crippen molar-refractivity contribution in [3.63, 3.8) is 0 Å². The predicted octanol–water partition coefficient (Wildman–Crippen LogP) is 7.07. The molecular weight excluding hydrogens is 578 g/mol. The van der Waals surface area contributed by atoms with Crippen LogP contribution < -0.4 is 21.3 Å². The van der Waals surface area contributed by atoms with Gasteiger partial charge in [-0.3, -0.25) is 10.5 Å². The molecule has 0 saturated heterocycles. The zero-order valence-electron chi connectivity index (χ0n) is 24.5. The van der Waals surface area contributed by atoms with Gasteiger partial charge in [-0.1, -0.05) is 20.9 Å². The normalized spacial score (nSPS) is 10.2. The molecular formula is C31H45N9O5. The minimum Gasteiger partial charge on any atom is -0.395 e. The fourth-order valence-electron chi connectivity index (χ4n) is 3.79. The first-order valence-electron chi connectivity index (χ1n) is 13.3. The van der Waals surface area contributed by atoms with E-state index < -0.39 is 0 Å². The molecule has 0 aliphatic heterocycles. The maximum Gasteiger partial charge on any atom is 0.232 e. The van der Waals surface area contributed by atoms with Gasteiger partial charge >= 0.3 is 0 Å². The van der Waals surface area contributed by atoms with Crippen molar-refractivity contribution in [2.45, 2.75) is 41.9 Å². The van der Waals surface area contributed by atoms with E-state index in [0.29, 0.717) is 46.8 Å². The smallest absolute Gasteiger partial charge is 0.232 e. The fraction of sp³-hybridized carbons (Fsp3) is 0.323. The first-order valence-corrected chi connectivity index (χ1v) is 13.3. The van der Waals surface area contributed by atoms with Gasteiger partial charge in [0.15, 0.2) is 0 Å². The third kappa shape index (κ3) is 12.8. The first kappa shape index (κ1) is 38.3. The maximum atomic E-state index is 8.95. The van der Waals surface area contributed by atoms with Crippen LogP contribution in [0.1, 0.15) is 37.4 Å². The van der Waals surface area contributed by atoms with Gasteiger partial charge in [0, 0.05) is 37.7 Å². The van der Waals surface area contributed by atoms with Crippen LogP contribution in [0.5, 0.6) is 0 Å². The van der Waals surface area contributed by atoms with Crippen LogP contribution in [-0.2, 0) is 23.0 Å². The van der Waals surface area contributed by atoms with Crippen molar-refractivity contribution in [1.82, 2.24) is 15.0 Å². The molecule has 0 aliphatic rings. The summed E-state index contributed by atoms with van der Waals surface area (Å²) in [6.45, 7) is 3.90. The van der Waals surface area contributed by atoms with Gasteiger partial charge in [-0.15, -0.1) is 0 Å². The summed E-state index contributed by atoms with van der Waals surface area (Å²) in [6.07, 6.45) is 0. The lowest BCUT2D eigenvalue weighted by Crippen LogP contribution is -2.11. The van der Waals surface area contributed by atoms with Gasteiger partial charge in [-0.25, -0.2) is 9.78 Å². The summed E-state index contributed by atoms with van der Waals surface area (Å²) in [5.41, 5.74) is 6.37. The summed E-state index contributed by atoms with van der Waals surface area (Å²) < 4.78 is 0. The molecule has 0 saturated carbocycles. The molecule has 1 heterocycles. The summed E-state index contributed by atoms with van der Waals surface area (Å²) in [5.74, 6) is 1.29. The van der Waals surface area contributed by atoms with Crippen LogP contribution in [-0.4, -0.2) is 57.8 Å². The summed E-state index contributed by atoms with van der Waals surface area (Å²) >= 11 is 0. The Balaban J connectivity index is 0.000000721. The molecule has 14 heteroatoms. The highest BCUT2D eigenvalue weighted by molar-refractivity contribution is 5.61. The van der Waals surface area contributed by atoms with E-state index in [1.165, 1.54) is 0 Å². The number of hydrogen-bond donors (Lipinski definition) is 7. The van der Waals surface area contributed by atoms with Crippen LogP contribution in [0.2, 0.25) is 0 Å². The monoisotopic (exact) mass is 623 g/mol. The molecule has 4 rings (SSSR count). The Morgan fingerprint density at radius 3 is 1.78 bits per heavy atom. The second-order valence-electron chi connectivity index (χ2n) is 9.14. The molecule has 0 unspecified atom stereocenters.